The van der Waals surface area contributed by atoms with Gasteiger partial charge in [-0.15, -0.1) is 10.2 Å². The van der Waals surface area contributed by atoms with Gasteiger partial charge in [0.05, 0.1) is 11.4 Å². The van der Waals surface area contributed by atoms with Crippen LogP contribution in [0.15, 0.2) is 58.2 Å². The van der Waals surface area contributed by atoms with Gasteiger partial charge in [-0.1, -0.05) is 35.5 Å². The van der Waals surface area contributed by atoms with E-state index in [9.17, 15) is 9.59 Å². The Kier molecular flexibility index (Phi) is 5.70. The second kappa shape index (κ2) is 8.16. The number of aromatic nitrogens is 2. The van der Waals surface area contributed by atoms with Crippen LogP contribution in [0.3, 0.4) is 0 Å². The second-order valence-electron chi connectivity index (χ2n) is 5.32. The fraction of sp³-hybridized carbons (Fsp3) is 0.111. The van der Waals surface area contributed by atoms with E-state index in [1.807, 2.05) is 0 Å². The lowest BCUT2D eigenvalue weighted by Crippen LogP contribution is -2.16. The van der Waals surface area contributed by atoms with Crippen molar-refractivity contribution in [1.82, 2.24) is 10.2 Å². The molecule has 0 aliphatic rings. The molecule has 0 bridgehead atoms. The van der Waals surface area contributed by atoms with Gasteiger partial charge in [0.1, 0.15) is 0 Å². The molecule has 0 saturated heterocycles. The van der Waals surface area contributed by atoms with Gasteiger partial charge in [-0.25, -0.2) is 0 Å². The quantitative estimate of drug-likeness (QED) is 0.500. The molecule has 0 spiro atoms. The number of nitrogens with zero attached hydrogens (tertiary/aromatic N) is 2. The summed E-state index contributed by atoms with van der Waals surface area (Å²) in [6.07, 6.45) is 0. The van der Waals surface area contributed by atoms with Crippen LogP contribution in [-0.2, 0) is 4.79 Å². The molecule has 132 valence electrons. The normalized spacial score (nSPS) is 10.5. The van der Waals surface area contributed by atoms with Gasteiger partial charge in [-0.3, -0.25) is 9.59 Å². The van der Waals surface area contributed by atoms with E-state index in [4.69, 9.17) is 16.0 Å². The van der Waals surface area contributed by atoms with Gasteiger partial charge in [-0.2, -0.15) is 0 Å². The number of halogens is 1. The van der Waals surface area contributed by atoms with Crippen LogP contribution in [0.4, 0.5) is 5.69 Å². The van der Waals surface area contributed by atoms with E-state index >= 15 is 0 Å². The summed E-state index contributed by atoms with van der Waals surface area (Å²) in [6.45, 7) is 1.45. The summed E-state index contributed by atoms with van der Waals surface area (Å²) in [5, 5.41) is 11.5. The summed E-state index contributed by atoms with van der Waals surface area (Å²) in [5.74, 6) is 0.0496. The van der Waals surface area contributed by atoms with E-state index < -0.39 is 0 Å². The molecule has 0 unspecified atom stereocenters. The standard InChI is InChI=1S/C18H14ClN3O3S/c1-11(23)14-4-2-3-5-15(14)20-16(24)10-26-18-22-21-17(25-18)12-6-8-13(19)9-7-12/h2-9H,10H2,1H3,(H,20,24). The van der Waals surface area contributed by atoms with Crippen molar-refractivity contribution >= 4 is 40.7 Å². The van der Waals surface area contributed by atoms with Gasteiger partial charge in [0.15, 0.2) is 5.78 Å². The summed E-state index contributed by atoms with van der Waals surface area (Å²) < 4.78 is 5.54. The molecule has 1 heterocycles. The Morgan fingerprint density at radius 1 is 1.12 bits per heavy atom. The van der Waals surface area contributed by atoms with Crippen molar-refractivity contribution in [3.8, 4) is 11.5 Å². The molecule has 0 aliphatic carbocycles. The van der Waals surface area contributed by atoms with E-state index in [1.165, 1.54) is 6.92 Å². The summed E-state index contributed by atoms with van der Waals surface area (Å²) >= 11 is 6.97. The average molecular weight is 388 g/mol. The number of hydrogen-bond acceptors (Lipinski definition) is 6. The van der Waals surface area contributed by atoms with E-state index in [0.717, 1.165) is 17.3 Å². The van der Waals surface area contributed by atoms with Gasteiger partial charge in [0, 0.05) is 16.1 Å². The van der Waals surface area contributed by atoms with E-state index in [2.05, 4.69) is 15.5 Å². The number of rotatable bonds is 6. The highest BCUT2D eigenvalue weighted by atomic mass is 35.5. The molecule has 26 heavy (non-hydrogen) atoms. The smallest absolute Gasteiger partial charge is 0.277 e. The minimum atomic E-state index is -0.269. The Morgan fingerprint density at radius 3 is 2.58 bits per heavy atom. The van der Waals surface area contributed by atoms with E-state index in [-0.39, 0.29) is 22.7 Å². The van der Waals surface area contributed by atoms with Crippen molar-refractivity contribution in [2.24, 2.45) is 0 Å². The molecule has 3 aromatic rings. The maximum Gasteiger partial charge on any atom is 0.277 e. The number of anilines is 1. The third-order valence-corrected chi connectivity index (χ3v) is 4.48. The molecule has 8 heteroatoms. The van der Waals surface area contributed by atoms with Crippen molar-refractivity contribution in [2.75, 3.05) is 11.1 Å². The van der Waals surface area contributed by atoms with E-state index in [0.29, 0.717) is 22.2 Å². The molecule has 0 atom stereocenters. The molecular weight excluding hydrogens is 374 g/mol. The van der Waals surface area contributed by atoms with Crippen LogP contribution in [0, 0.1) is 0 Å². The first-order valence-corrected chi connectivity index (χ1v) is 9.01. The topological polar surface area (TPSA) is 85.1 Å². The van der Waals surface area contributed by atoms with Crippen LogP contribution in [0.2, 0.25) is 5.02 Å². The van der Waals surface area contributed by atoms with Crippen molar-refractivity contribution in [3.05, 3.63) is 59.1 Å². The van der Waals surface area contributed by atoms with Crippen LogP contribution in [0.5, 0.6) is 0 Å². The largest absolute Gasteiger partial charge is 0.411 e. The molecule has 1 N–H and O–H groups in total. The molecule has 3 rings (SSSR count). The first-order valence-electron chi connectivity index (χ1n) is 7.65. The zero-order valence-corrected chi connectivity index (χ0v) is 15.3. The SMILES string of the molecule is CC(=O)c1ccccc1NC(=O)CSc1nnc(-c2ccc(Cl)cc2)o1. The number of amides is 1. The van der Waals surface area contributed by atoms with E-state index in [1.54, 1.807) is 48.5 Å². The van der Waals surface area contributed by atoms with Crippen LogP contribution >= 0.6 is 23.4 Å². The average Bonchev–Trinajstić information content (AvgIpc) is 3.10. The molecule has 1 amide bonds. The zero-order chi connectivity index (χ0) is 18.5. The Hall–Kier alpha value is -2.64. The fourth-order valence-electron chi connectivity index (χ4n) is 2.19. The Bertz CT molecular complexity index is 941. The highest BCUT2D eigenvalue weighted by Crippen LogP contribution is 2.24. The summed E-state index contributed by atoms with van der Waals surface area (Å²) in [4.78, 5) is 23.7. The third-order valence-electron chi connectivity index (χ3n) is 3.40. The zero-order valence-electron chi connectivity index (χ0n) is 13.7. The second-order valence-corrected chi connectivity index (χ2v) is 6.68. The molecule has 6 nitrogen and oxygen atoms in total. The molecule has 0 saturated carbocycles. The maximum atomic E-state index is 12.1. The van der Waals surface area contributed by atoms with Gasteiger partial charge >= 0.3 is 0 Å². The number of Topliss-reactive ketones (excluding diaryl/α,β-unsaturated/α-hetero) is 1. The number of carbonyl (C=O) groups is 2. The number of nitrogens with one attached hydrogen (secondary N) is 1. The monoisotopic (exact) mass is 387 g/mol. The lowest BCUT2D eigenvalue weighted by Gasteiger charge is -2.07. The van der Waals surface area contributed by atoms with Crippen LogP contribution in [0.25, 0.3) is 11.5 Å². The van der Waals surface area contributed by atoms with Gasteiger partial charge < -0.3 is 9.73 Å². The molecular formula is C18H14ClN3O3S. The van der Waals surface area contributed by atoms with Crippen LogP contribution in [0.1, 0.15) is 17.3 Å². The van der Waals surface area contributed by atoms with Crippen LogP contribution in [-0.4, -0.2) is 27.6 Å². The minimum Gasteiger partial charge on any atom is -0.411 e. The highest BCUT2D eigenvalue weighted by molar-refractivity contribution is 7.99. The number of carbonyl (C=O) groups excluding carboxylic acids is 2. The Labute approximate surface area is 159 Å². The lowest BCUT2D eigenvalue weighted by atomic mass is 10.1. The number of ketones is 1. The highest BCUT2D eigenvalue weighted by Gasteiger charge is 2.13. The summed E-state index contributed by atoms with van der Waals surface area (Å²) in [5.41, 5.74) is 1.69. The number of thioether (sulfide) groups is 1. The van der Waals surface area contributed by atoms with Crippen molar-refractivity contribution in [1.29, 1.82) is 0 Å². The number of para-hydroxylation sites is 1. The van der Waals surface area contributed by atoms with Crippen LogP contribution < -0.4 is 5.32 Å². The Balaban J connectivity index is 1.60. The first-order chi connectivity index (χ1) is 12.5. The molecule has 0 aliphatic heterocycles. The van der Waals surface area contributed by atoms with Crippen molar-refractivity contribution in [3.63, 3.8) is 0 Å². The third kappa shape index (κ3) is 4.50. The van der Waals surface area contributed by atoms with Crippen molar-refractivity contribution < 1.29 is 14.0 Å². The number of hydrogen-bond donors (Lipinski definition) is 1. The van der Waals surface area contributed by atoms with Gasteiger partial charge in [0.2, 0.25) is 11.8 Å². The molecule has 1 aromatic heterocycles. The van der Waals surface area contributed by atoms with Crippen molar-refractivity contribution in [2.45, 2.75) is 12.1 Å². The molecule has 0 fully saturated rings. The predicted octanol–water partition coefficient (Wildman–Crippen LogP) is 4.32. The first kappa shape index (κ1) is 18.2. The maximum absolute atomic E-state index is 12.1. The predicted molar refractivity (Wildman–Crippen MR) is 101 cm³/mol. The summed E-state index contributed by atoms with van der Waals surface area (Å²) in [6, 6.07) is 13.9. The minimum absolute atomic E-state index is 0.0779. The van der Waals surface area contributed by atoms with Gasteiger partial charge in [-0.05, 0) is 43.3 Å². The van der Waals surface area contributed by atoms with Gasteiger partial charge in [0.25, 0.3) is 5.22 Å². The molecule has 0 radical (unpaired) electrons. The lowest BCUT2D eigenvalue weighted by molar-refractivity contribution is -0.113. The Morgan fingerprint density at radius 2 is 1.85 bits per heavy atom. The number of benzene rings is 2. The fourth-order valence-corrected chi connectivity index (χ4v) is 2.88. The summed E-state index contributed by atoms with van der Waals surface area (Å²) in [7, 11) is 0. The molecule has 2 aromatic carbocycles.